The Morgan fingerprint density at radius 3 is 2.75 bits per heavy atom. The quantitative estimate of drug-likeness (QED) is 0.788. The number of nitrogens with one attached hydrogen (secondary N) is 1. The van der Waals surface area contributed by atoms with Gasteiger partial charge in [-0.2, -0.15) is 0 Å². The van der Waals surface area contributed by atoms with Gasteiger partial charge in [-0.25, -0.2) is 0 Å². The average Bonchev–Trinajstić information content (AvgIpc) is 2.80. The largest absolute Gasteiger partial charge is 0.493 e. The zero-order chi connectivity index (χ0) is 11.4. The van der Waals surface area contributed by atoms with Crippen LogP contribution in [0.25, 0.3) is 0 Å². The third-order valence-corrected chi connectivity index (χ3v) is 2.79. The molecule has 0 spiro atoms. The van der Waals surface area contributed by atoms with Crippen molar-refractivity contribution in [2.24, 2.45) is 11.7 Å². The molecule has 1 aliphatic heterocycles. The van der Waals surface area contributed by atoms with Gasteiger partial charge in [-0.3, -0.25) is 4.79 Å². The molecule has 4 nitrogen and oxygen atoms in total. The molecule has 4 heteroatoms. The maximum absolute atomic E-state index is 10.9. The highest BCUT2D eigenvalue weighted by atomic mass is 16.5. The lowest BCUT2D eigenvalue weighted by atomic mass is 10.1. The summed E-state index contributed by atoms with van der Waals surface area (Å²) in [6, 6.07) is 6.93. The van der Waals surface area contributed by atoms with Crippen LogP contribution in [0, 0.1) is 5.92 Å². The summed E-state index contributed by atoms with van der Waals surface area (Å²) < 4.78 is 5.63. The van der Waals surface area contributed by atoms with Gasteiger partial charge in [0.15, 0.2) is 0 Å². The zero-order valence-corrected chi connectivity index (χ0v) is 9.11. The average molecular weight is 220 g/mol. The topological polar surface area (TPSA) is 64.4 Å². The molecule has 0 aromatic heterocycles. The summed E-state index contributed by atoms with van der Waals surface area (Å²) in [5, 5.41) is 3.29. The highest BCUT2D eigenvalue weighted by Crippen LogP contribution is 2.15. The normalized spacial score (nSPS) is 19.6. The van der Waals surface area contributed by atoms with Crippen molar-refractivity contribution in [2.75, 3.05) is 19.7 Å². The van der Waals surface area contributed by atoms with E-state index in [1.807, 2.05) is 0 Å². The van der Waals surface area contributed by atoms with Crippen LogP contribution < -0.4 is 15.8 Å². The number of primary amides is 1. The second-order valence-electron chi connectivity index (χ2n) is 4.06. The number of amides is 1. The Morgan fingerprint density at radius 2 is 2.19 bits per heavy atom. The van der Waals surface area contributed by atoms with Gasteiger partial charge in [0.05, 0.1) is 6.61 Å². The molecule has 1 aromatic carbocycles. The molecule has 1 atom stereocenters. The molecule has 16 heavy (non-hydrogen) atoms. The van der Waals surface area contributed by atoms with Gasteiger partial charge in [0.2, 0.25) is 5.91 Å². The summed E-state index contributed by atoms with van der Waals surface area (Å²) in [6.45, 7) is 2.83. The number of hydrogen-bond donors (Lipinski definition) is 2. The molecule has 3 N–H and O–H groups in total. The summed E-state index contributed by atoms with van der Waals surface area (Å²) in [5.41, 5.74) is 5.66. The molecule has 0 bridgehead atoms. The van der Waals surface area contributed by atoms with Crippen molar-refractivity contribution in [1.29, 1.82) is 0 Å². The molecule has 0 saturated carbocycles. The zero-order valence-electron chi connectivity index (χ0n) is 9.11. The third-order valence-electron chi connectivity index (χ3n) is 2.79. The van der Waals surface area contributed by atoms with Crippen LogP contribution in [0.3, 0.4) is 0 Å². The van der Waals surface area contributed by atoms with Crippen LogP contribution in [0.4, 0.5) is 0 Å². The first-order valence-corrected chi connectivity index (χ1v) is 5.49. The van der Waals surface area contributed by atoms with Gasteiger partial charge in [-0.1, -0.05) is 0 Å². The van der Waals surface area contributed by atoms with Gasteiger partial charge in [-0.15, -0.1) is 0 Å². The first kappa shape index (κ1) is 11.0. The minimum atomic E-state index is -0.411. The highest BCUT2D eigenvalue weighted by molar-refractivity contribution is 5.92. The van der Waals surface area contributed by atoms with E-state index in [0.29, 0.717) is 11.5 Å². The summed E-state index contributed by atoms with van der Waals surface area (Å²) in [7, 11) is 0. The maximum atomic E-state index is 10.9. The van der Waals surface area contributed by atoms with Crippen molar-refractivity contribution in [2.45, 2.75) is 6.42 Å². The SMILES string of the molecule is NC(=O)c1ccc(OCC2CCNC2)cc1. The Kier molecular flexibility index (Phi) is 3.41. The van der Waals surface area contributed by atoms with Crippen molar-refractivity contribution in [1.82, 2.24) is 5.32 Å². The molecule has 2 rings (SSSR count). The van der Waals surface area contributed by atoms with E-state index in [0.717, 1.165) is 25.4 Å². The molecule has 1 aliphatic rings. The molecule has 1 heterocycles. The van der Waals surface area contributed by atoms with Gasteiger partial charge in [0.25, 0.3) is 0 Å². The summed E-state index contributed by atoms with van der Waals surface area (Å²) >= 11 is 0. The molecular formula is C12H16N2O2. The minimum Gasteiger partial charge on any atom is -0.493 e. The van der Waals surface area contributed by atoms with Gasteiger partial charge >= 0.3 is 0 Å². The Bertz CT molecular complexity index is 356. The van der Waals surface area contributed by atoms with E-state index < -0.39 is 5.91 Å². The number of hydrogen-bond acceptors (Lipinski definition) is 3. The van der Waals surface area contributed by atoms with Crippen molar-refractivity contribution < 1.29 is 9.53 Å². The first-order valence-electron chi connectivity index (χ1n) is 5.49. The lowest BCUT2D eigenvalue weighted by Crippen LogP contribution is -2.15. The summed E-state index contributed by atoms with van der Waals surface area (Å²) in [4.78, 5) is 10.9. The van der Waals surface area contributed by atoms with Gasteiger partial charge < -0.3 is 15.8 Å². The maximum Gasteiger partial charge on any atom is 0.248 e. The van der Waals surface area contributed by atoms with Crippen LogP contribution in [-0.2, 0) is 0 Å². The lowest BCUT2D eigenvalue weighted by molar-refractivity contribution is 0.100. The van der Waals surface area contributed by atoms with Crippen LogP contribution in [0.2, 0.25) is 0 Å². The molecular weight excluding hydrogens is 204 g/mol. The predicted octanol–water partition coefficient (Wildman–Crippen LogP) is 0.774. The van der Waals surface area contributed by atoms with Crippen LogP contribution >= 0.6 is 0 Å². The number of nitrogens with two attached hydrogens (primary N) is 1. The molecule has 0 aliphatic carbocycles. The van der Waals surface area contributed by atoms with Crippen LogP contribution in [0.15, 0.2) is 24.3 Å². The fourth-order valence-electron chi connectivity index (χ4n) is 1.79. The molecule has 1 saturated heterocycles. The van der Waals surface area contributed by atoms with E-state index in [9.17, 15) is 4.79 Å². The number of rotatable bonds is 4. The molecule has 0 radical (unpaired) electrons. The number of ether oxygens (including phenoxy) is 1. The first-order chi connectivity index (χ1) is 7.75. The molecule has 1 aromatic rings. The van der Waals surface area contributed by atoms with Crippen LogP contribution in [-0.4, -0.2) is 25.6 Å². The predicted molar refractivity (Wildman–Crippen MR) is 61.4 cm³/mol. The lowest BCUT2D eigenvalue weighted by Gasteiger charge is -2.10. The van der Waals surface area contributed by atoms with E-state index >= 15 is 0 Å². The van der Waals surface area contributed by atoms with Crippen molar-refractivity contribution in [3.05, 3.63) is 29.8 Å². The number of carbonyl (C=O) groups is 1. The second-order valence-corrected chi connectivity index (χ2v) is 4.06. The molecule has 1 fully saturated rings. The third kappa shape index (κ3) is 2.73. The van der Waals surface area contributed by atoms with E-state index in [1.54, 1.807) is 24.3 Å². The smallest absolute Gasteiger partial charge is 0.248 e. The van der Waals surface area contributed by atoms with Crippen LogP contribution in [0.1, 0.15) is 16.8 Å². The van der Waals surface area contributed by atoms with Crippen molar-refractivity contribution in [3.8, 4) is 5.75 Å². The standard InChI is InChI=1S/C12H16N2O2/c13-12(15)10-1-3-11(4-2-10)16-8-9-5-6-14-7-9/h1-4,9,14H,5-8H2,(H2,13,15). The molecule has 1 amide bonds. The Morgan fingerprint density at radius 1 is 1.44 bits per heavy atom. The van der Waals surface area contributed by atoms with Gasteiger partial charge in [0.1, 0.15) is 5.75 Å². The summed E-state index contributed by atoms with van der Waals surface area (Å²) in [5.74, 6) is 0.972. The highest BCUT2D eigenvalue weighted by Gasteiger charge is 2.14. The van der Waals surface area contributed by atoms with E-state index in [2.05, 4.69) is 5.32 Å². The number of carbonyl (C=O) groups excluding carboxylic acids is 1. The Labute approximate surface area is 94.8 Å². The fraction of sp³-hybridized carbons (Fsp3) is 0.417. The Balaban J connectivity index is 1.87. The van der Waals surface area contributed by atoms with E-state index in [-0.39, 0.29) is 0 Å². The number of benzene rings is 1. The van der Waals surface area contributed by atoms with E-state index in [1.165, 1.54) is 6.42 Å². The Hall–Kier alpha value is -1.55. The monoisotopic (exact) mass is 220 g/mol. The van der Waals surface area contributed by atoms with Crippen molar-refractivity contribution >= 4 is 5.91 Å². The van der Waals surface area contributed by atoms with Gasteiger partial charge in [0, 0.05) is 18.0 Å². The second kappa shape index (κ2) is 4.99. The van der Waals surface area contributed by atoms with Gasteiger partial charge in [-0.05, 0) is 37.2 Å². The van der Waals surface area contributed by atoms with Crippen molar-refractivity contribution in [3.63, 3.8) is 0 Å². The molecule has 1 unspecified atom stereocenters. The minimum absolute atomic E-state index is 0.411. The van der Waals surface area contributed by atoms with E-state index in [4.69, 9.17) is 10.5 Å². The fourth-order valence-corrected chi connectivity index (χ4v) is 1.79. The molecule has 86 valence electrons. The summed E-state index contributed by atoms with van der Waals surface area (Å²) in [6.07, 6.45) is 1.17. The van der Waals surface area contributed by atoms with Crippen LogP contribution in [0.5, 0.6) is 5.75 Å².